The van der Waals surface area contributed by atoms with Crippen molar-refractivity contribution < 1.29 is 0 Å². The molecule has 2 rings (SSSR count). The maximum atomic E-state index is 2.33. The fourth-order valence-electron chi connectivity index (χ4n) is 1.91. The van der Waals surface area contributed by atoms with Crippen LogP contribution in [0.25, 0.3) is 6.08 Å². The smallest absolute Gasteiger partial charge is 0.0440 e. The van der Waals surface area contributed by atoms with Gasteiger partial charge in [0.15, 0.2) is 0 Å². The first-order valence-electron chi connectivity index (χ1n) is 5.19. The van der Waals surface area contributed by atoms with E-state index in [0.29, 0.717) is 5.92 Å². The number of hydrogen-bond acceptors (Lipinski definition) is 1. The lowest BCUT2D eigenvalue weighted by Crippen LogP contribution is -2.25. The molecule has 74 valence electrons. The summed E-state index contributed by atoms with van der Waals surface area (Å²) in [5.74, 6) is 0.644. The topological polar surface area (TPSA) is 3.24 Å². The second-order valence-electron chi connectivity index (χ2n) is 4.29. The maximum absolute atomic E-state index is 2.33. The molecule has 0 N–H and O–H groups in total. The number of anilines is 1. The van der Waals surface area contributed by atoms with Crippen molar-refractivity contribution in [2.45, 2.75) is 13.8 Å². The summed E-state index contributed by atoms with van der Waals surface area (Å²) in [4.78, 5) is 2.32. The Morgan fingerprint density at radius 3 is 2.64 bits per heavy atom. The molecule has 0 aliphatic carbocycles. The van der Waals surface area contributed by atoms with Gasteiger partial charge in [-0.25, -0.2) is 0 Å². The Labute approximate surface area is 86.1 Å². The highest BCUT2D eigenvalue weighted by Crippen LogP contribution is 2.29. The summed E-state index contributed by atoms with van der Waals surface area (Å²) in [6.07, 6.45) is 2.33. The molecule has 1 aromatic carbocycles. The molecule has 1 heterocycles. The summed E-state index contributed by atoms with van der Waals surface area (Å²) in [5, 5.41) is 0. The van der Waals surface area contributed by atoms with Crippen LogP contribution in [0.5, 0.6) is 0 Å². The van der Waals surface area contributed by atoms with Gasteiger partial charge in [-0.15, -0.1) is 0 Å². The predicted octanol–water partition coefficient (Wildman–Crippen LogP) is 3.18. The first-order valence-corrected chi connectivity index (χ1v) is 5.19. The van der Waals surface area contributed by atoms with Crippen LogP contribution in [0.3, 0.4) is 0 Å². The highest BCUT2D eigenvalue weighted by atomic mass is 15.1. The van der Waals surface area contributed by atoms with Crippen molar-refractivity contribution in [3.05, 3.63) is 35.4 Å². The van der Waals surface area contributed by atoms with Gasteiger partial charge in [-0.3, -0.25) is 0 Å². The quantitative estimate of drug-likeness (QED) is 0.652. The van der Waals surface area contributed by atoms with E-state index in [2.05, 4.69) is 56.1 Å². The van der Waals surface area contributed by atoms with Gasteiger partial charge in [-0.2, -0.15) is 0 Å². The minimum atomic E-state index is 0.644. The average molecular weight is 187 g/mol. The summed E-state index contributed by atoms with van der Waals surface area (Å²) in [6, 6.07) is 8.58. The van der Waals surface area contributed by atoms with Crippen molar-refractivity contribution in [1.29, 1.82) is 0 Å². The highest BCUT2D eigenvalue weighted by molar-refractivity contribution is 5.73. The van der Waals surface area contributed by atoms with E-state index in [1.165, 1.54) is 16.8 Å². The van der Waals surface area contributed by atoms with Gasteiger partial charge in [0.2, 0.25) is 0 Å². The third-order valence-corrected chi connectivity index (χ3v) is 2.85. The van der Waals surface area contributed by atoms with E-state index in [9.17, 15) is 0 Å². The molecule has 1 nitrogen and oxygen atoms in total. The number of likely N-dealkylation sites (N-methyl/N-ethyl adjacent to an activating group) is 1. The molecule has 0 bridgehead atoms. The highest BCUT2D eigenvalue weighted by Gasteiger charge is 2.15. The molecule has 14 heavy (non-hydrogen) atoms. The van der Waals surface area contributed by atoms with Crippen molar-refractivity contribution in [3.8, 4) is 0 Å². The molecule has 1 heteroatoms. The Kier molecular flexibility index (Phi) is 2.32. The lowest BCUT2D eigenvalue weighted by atomic mass is 9.95. The molecule has 0 saturated carbocycles. The van der Waals surface area contributed by atoms with Crippen LogP contribution in [-0.2, 0) is 0 Å². The van der Waals surface area contributed by atoms with Crippen molar-refractivity contribution in [2.24, 2.45) is 5.92 Å². The van der Waals surface area contributed by atoms with Crippen LogP contribution >= 0.6 is 0 Å². The summed E-state index contributed by atoms with van der Waals surface area (Å²) in [7, 11) is 2.16. The first-order chi connectivity index (χ1) is 6.68. The lowest BCUT2D eigenvalue weighted by Gasteiger charge is -2.29. The van der Waals surface area contributed by atoms with E-state index in [1.54, 1.807) is 0 Å². The molecule has 1 aromatic rings. The van der Waals surface area contributed by atoms with Crippen molar-refractivity contribution in [1.82, 2.24) is 0 Å². The minimum Gasteiger partial charge on any atom is -0.370 e. The van der Waals surface area contributed by atoms with Gasteiger partial charge < -0.3 is 4.90 Å². The molecular formula is C13H17N. The molecule has 0 saturated heterocycles. The fraction of sp³-hybridized carbons (Fsp3) is 0.385. The molecule has 0 spiro atoms. The third-order valence-electron chi connectivity index (χ3n) is 2.85. The van der Waals surface area contributed by atoms with Gasteiger partial charge >= 0.3 is 0 Å². The number of benzene rings is 1. The van der Waals surface area contributed by atoms with Gasteiger partial charge in [0.1, 0.15) is 0 Å². The van der Waals surface area contributed by atoms with Gasteiger partial charge in [0.05, 0.1) is 0 Å². The second kappa shape index (κ2) is 3.49. The van der Waals surface area contributed by atoms with E-state index in [0.717, 1.165) is 6.54 Å². The molecule has 0 unspecified atom stereocenters. The Balaban J connectivity index is 2.45. The van der Waals surface area contributed by atoms with E-state index in [4.69, 9.17) is 0 Å². The fourth-order valence-corrected chi connectivity index (χ4v) is 1.91. The zero-order chi connectivity index (χ0) is 10.1. The van der Waals surface area contributed by atoms with Crippen LogP contribution in [0.1, 0.15) is 19.4 Å². The summed E-state index contributed by atoms with van der Waals surface area (Å²) < 4.78 is 0. The number of nitrogens with zero attached hydrogens (tertiary/aromatic N) is 1. The average Bonchev–Trinajstić information content (AvgIpc) is 2.17. The van der Waals surface area contributed by atoms with E-state index in [-0.39, 0.29) is 0 Å². The van der Waals surface area contributed by atoms with Gasteiger partial charge in [-0.05, 0) is 23.1 Å². The summed E-state index contributed by atoms with van der Waals surface area (Å²) in [5.41, 5.74) is 4.22. The van der Waals surface area contributed by atoms with Crippen LogP contribution in [0.15, 0.2) is 29.8 Å². The number of fused-ring (bicyclic) bond motifs is 1. The van der Waals surface area contributed by atoms with Gasteiger partial charge in [0, 0.05) is 19.3 Å². The zero-order valence-electron chi connectivity index (χ0n) is 9.12. The molecular weight excluding hydrogens is 170 g/mol. The Bertz CT molecular complexity index is 363. The largest absolute Gasteiger partial charge is 0.370 e. The Hall–Kier alpha value is -1.24. The predicted molar refractivity (Wildman–Crippen MR) is 62.5 cm³/mol. The Morgan fingerprint density at radius 2 is 1.93 bits per heavy atom. The molecule has 0 amide bonds. The van der Waals surface area contributed by atoms with Crippen LogP contribution in [0, 0.1) is 5.92 Å². The molecule has 1 aliphatic rings. The molecule has 0 fully saturated rings. The first kappa shape index (κ1) is 9.32. The molecule has 0 aromatic heterocycles. The SMILES string of the molecule is CC(C)C1=Cc2ccccc2N(C)C1. The third kappa shape index (κ3) is 1.54. The molecule has 1 aliphatic heterocycles. The van der Waals surface area contributed by atoms with E-state index < -0.39 is 0 Å². The summed E-state index contributed by atoms with van der Waals surface area (Å²) in [6.45, 7) is 5.58. The normalized spacial score (nSPS) is 15.4. The van der Waals surface area contributed by atoms with Crippen LogP contribution in [0.4, 0.5) is 5.69 Å². The molecule has 0 radical (unpaired) electrons. The van der Waals surface area contributed by atoms with Gasteiger partial charge in [-0.1, -0.05) is 38.1 Å². The minimum absolute atomic E-state index is 0.644. The van der Waals surface area contributed by atoms with E-state index >= 15 is 0 Å². The van der Waals surface area contributed by atoms with Crippen molar-refractivity contribution >= 4 is 11.8 Å². The van der Waals surface area contributed by atoms with Crippen molar-refractivity contribution in [2.75, 3.05) is 18.5 Å². The number of hydrogen-bond donors (Lipinski definition) is 0. The standard InChI is InChI=1S/C13H17N/c1-10(2)12-8-11-6-4-5-7-13(11)14(3)9-12/h4-8,10H,9H2,1-3H3. The number of para-hydroxylation sites is 1. The van der Waals surface area contributed by atoms with Crippen LogP contribution in [-0.4, -0.2) is 13.6 Å². The summed E-state index contributed by atoms with van der Waals surface area (Å²) >= 11 is 0. The number of rotatable bonds is 1. The Morgan fingerprint density at radius 1 is 1.21 bits per heavy atom. The van der Waals surface area contributed by atoms with Crippen LogP contribution in [0.2, 0.25) is 0 Å². The van der Waals surface area contributed by atoms with Crippen LogP contribution < -0.4 is 4.90 Å². The van der Waals surface area contributed by atoms with Crippen molar-refractivity contribution in [3.63, 3.8) is 0 Å². The lowest BCUT2D eigenvalue weighted by molar-refractivity contribution is 0.734. The molecule has 0 atom stereocenters. The maximum Gasteiger partial charge on any atom is 0.0440 e. The van der Waals surface area contributed by atoms with E-state index in [1.807, 2.05) is 0 Å². The monoisotopic (exact) mass is 187 g/mol. The van der Waals surface area contributed by atoms with Gasteiger partial charge in [0.25, 0.3) is 0 Å². The second-order valence-corrected chi connectivity index (χ2v) is 4.29. The zero-order valence-corrected chi connectivity index (χ0v) is 9.12.